The maximum Gasteiger partial charge on any atom is 0.315 e. The van der Waals surface area contributed by atoms with Gasteiger partial charge in [-0.25, -0.2) is 4.39 Å². The molecule has 160 valence electrons. The second-order valence-corrected chi connectivity index (χ2v) is 9.82. The van der Waals surface area contributed by atoms with Crippen LogP contribution in [0.1, 0.15) is 33.1 Å². The first kappa shape index (κ1) is 19.8. The highest BCUT2D eigenvalue weighted by atomic mass is 19.1. The summed E-state index contributed by atoms with van der Waals surface area (Å²) in [7, 11) is 0. The van der Waals surface area contributed by atoms with Crippen molar-refractivity contribution in [2.24, 2.45) is 17.3 Å². The van der Waals surface area contributed by atoms with E-state index in [9.17, 15) is 9.18 Å². The summed E-state index contributed by atoms with van der Waals surface area (Å²) in [6.07, 6.45) is 7.96. The average molecular weight is 412 g/mol. The smallest absolute Gasteiger partial charge is 0.315 e. The SMILES string of the molecule is CC1=CCC[C@]2(C)C[C@H]3OC(=O)[C@H](C[NH+]4CCN(c5ccccc5F)CC4)[C@H]3C=C12. The number of carbonyl (C=O) groups is 1. The van der Waals surface area contributed by atoms with E-state index in [1.165, 1.54) is 22.1 Å². The molecule has 4 nitrogen and oxygen atoms in total. The lowest BCUT2D eigenvalue weighted by Gasteiger charge is -2.43. The van der Waals surface area contributed by atoms with E-state index in [1.807, 2.05) is 12.1 Å². The standard InChI is InChI=1S/C25H31FN2O2/c1-17-6-5-9-25(2)15-23-18(14-20(17)25)19(24(29)30-23)16-27-10-12-28(13-11-27)22-8-4-3-7-21(22)26/h3-4,6-8,14,18-19,23H,5,9-13,15-16H2,1-2H3/p+1/t18-,19-,23-,25-/m1/s1. The third kappa shape index (κ3) is 3.37. The number of hydrogen-bond acceptors (Lipinski definition) is 3. The van der Waals surface area contributed by atoms with Crippen LogP contribution in [0.15, 0.2) is 47.6 Å². The van der Waals surface area contributed by atoms with Crippen molar-refractivity contribution >= 4 is 11.7 Å². The summed E-state index contributed by atoms with van der Waals surface area (Å²) >= 11 is 0. The summed E-state index contributed by atoms with van der Waals surface area (Å²) in [6.45, 7) is 8.82. The summed E-state index contributed by atoms with van der Waals surface area (Å²) < 4.78 is 20.0. The number of ether oxygens (including phenoxy) is 1. The van der Waals surface area contributed by atoms with Gasteiger partial charge in [0.15, 0.2) is 0 Å². The first-order chi connectivity index (χ1) is 14.4. The van der Waals surface area contributed by atoms with Gasteiger partial charge in [0.25, 0.3) is 0 Å². The topological polar surface area (TPSA) is 34.0 Å². The monoisotopic (exact) mass is 411 g/mol. The Morgan fingerprint density at radius 2 is 2.03 bits per heavy atom. The summed E-state index contributed by atoms with van der Waals surface area (Å²) in [5.41, 5.74) is 3.66. The van der Waals surface area contributed by atoms with Gasteiger partial charge in [-0.2, -0.15) is 0 Å². The Bertz CT molecular complexity index is 902. The van der Waals surface area contributed by atoms with E-state index < -0.39 is 0 Å². The molecule has 1 aromatic carbocycles. The predicted molar refractivity (Wildman–Crippen MR) is 115 cm³/mol. The number of nitrogens with one attached hydrogen (secondary N) is 1. The maximum absolute atomic E-state index is 14.1. The van der Waals surface area contributed by atoms with Gasteiger partial charge in [-0.1, -0.05) is 36.8 Å². The van der Waals surface area contributed by atoms with Gasteiger partial charge >= 0.3 is 5.97 Å². The van der Waals surface area contributed by atoms with Gasteiger partial charge in [-0.05, 0) is 49.3 Å². The van der Waals surface area contributed by atoms with E-state index in [0.717, 1.165) is 52.0 Å². The average Bonchev–Trinajstić information content (AvgIpc) is 3.01. The number of benzene rings is 1. The number of quaternary nitrogens is 1. The van der Waals surface area contributed by atoms with Crippen molar-refractivity contribution in [2.75, 3.05) is 37.6 Å². The van der Waals surface area contributed by atoms with Crippen LogP contribution in [0.4, 0.5) is 10.1 Å². The zero-order valence-electron chi connectivity index (χ0n) is 18.0. The summed E-state index contributed by atoms with van der Waals surface area (Å²) in [4.78, 5) is 16.3. The molecular formula is C25H32FN2O2+. The minimum Gasteiger partial charge on any atom is -0.461 e. The summed E-state index contributed by atoms with van der Waals surface area (Å²) in [6, 6.07) is 6.99. The van der Waals surface area contributed by atoms with Gasteiger partial charge in [0.1, 0.15) is 17.8 Å². The van der Waals surface area contributed by atoms with Crippen molar-refractivity contribution in [3.8, 4) is 0 Å². The van der Waals surface area contributed by atoms with Crippen molar-refractivity contribution in [1.29, 1.82) is 0 Å². The lowest BCUT2D eigenvalue weighted by atomic mass is 9.62. The third-order valence-corrected chi connectivity index (χ3v) is 7.87. The number of rotatable bonds is 3. The number of nitrogens with zero attached hydrogens (tertiary/aromatic N) is 1. The van der Waals surface area contributed by atoms with E-state index in [1.54, 1.807) is 6.07 Å². The normalized spacial score (nSPS) is 34.0. The number of esters is 1. The molecule has 1 N–H and O–H groups in total. The zero-order valence-corrected chi connectivity index (χ0v) is 18.0. The third-order valence-electron chi connectivity index (χ3n) is 7.87. The lowest BCUT2D eigenvalue weighted by molar-refractivity contribution is -0.903. The minimum absolute atomic E-state index is 0.0187. The molecule has 2 fully saturated rings. The van der Waals surface area contributed by atoms with Crippen LogP contribution in [-0.2, 0) is 9.53 Å². The van der Waals surface area contributed by atoms with Crippen molar-refractivity contribution < 1.29 is 18.8 Å². The van der Waals surface area contributed by atoms with Crippen LogP contribution in [0, 0.1) is 23.1 Å². The molecule has 2 saturated heterocycles. The second kappa shape index (κ2) is 7.52. The molecule has 0 unspecified atom stereocenters. The van der Waals surface area contributed by atoms with Gasteiger partial charge in [0.2, 0.25) is 0 Å². The van der Waals surface area contributed by atoms with E-state index in [4.69, 9.17) is 4.74 Å². The number of halogens is 1. The molecule has 0 amide bonds. The molecule has 5 heteroatoms. The van der Waals surface area contributed by atoms with Crippen molar-refractivity contribution in [1.82, 2.24) is 0 Å². The van der Waals surface area contributed by atoms with Crippen LogP contribution in [0.25, 0.3) is 0 Å². The highest BCUT2D eigenvalue weighted by molar-refractivity contribution is 5.76. The Kier molecular flexibility index (Phi) is 4.97. The Labute approximate surface area is 178 Å². The molecule has 2 aliphatic heterocycles. The highest BCUT2D eigenvalue weighted by Gasteiger charge is 2.52. The highest BCUT2D eigenvalue weighted by Crippen LogP contribution is 2.52. The lowest BCUT2D eigenvalue weighted by Crippen LogP contribution is -3.15. The fourth-order valence-corrected chi connectivity index (χ4v) is 6.15. The number of allylic oxidation sites excluding steroid dienone is 3. The number of anilines is 1. The molecule has 0 spiro atoms. The molecule has 2 heterocycles. The minimum atomic E-state index is -0.157. The molecule has 0 radical (unpaired) electrons. The molecule has 5 rings (SSSR count). The number of carbonyl (C=O) groups excluding carboxylic acids is 1. The van der Waals surface area contributed by atoms with Crippen LogP contribution in [-0.4, -0.2) is 44.8 Å². The first-order valence-electron chi connectivity index (χ1n) is 11.4. The van der Waals surface area contributed by atoms with E-state index in [2.05, 4.69) is 30.9 Å². The van der Waals surface area contributed by atoms with Crippen LogP contribution >= 0.6 is 0 Å². The van der Waals surface area contributed by atoms with Crippen molar-refractivity contribution in [3.63, 3.8) is 0 Å². The number of hydrogen-bond donors (Lipinski definition) is 1. The zero-order chi connectivity index (χ0) is 20.9. The van der Waals surface area contributed by atoms with Crippen LogP contribution in [0.3, 0.4) is 0 Å². The quantitative estimate of drug-likeness (QED) is 0.777. The van der Waals surface area contributed by atoms with Gasteiger partial charge < -0.3 is 14.5 Å². The molecule has 1 aromatic rings. The van der Waals surface area contributed by atoms with Gasteiger partial charge in [-0.15, -0.1) is 0 Å². The Morgan fingerprint density at radius 3 is 2.80 bits per heavy atom. The molecule has 0 saturated carbocycles. The number of fused-ring (bicyclic) bond motifs is 2. The number of para-hydroxylation sites is 1. The molecule has 30 heavy (non-hydrogen) atoms. The first-order valence-corrected chi connectivity index (χ1v) is 11.4. The summed E-state index contributed by atoms with van der Waals surface area (Å²) in [5.74, 6) is -0.0402. The summed E-state index contributed by atoms with van der Waals surface area (Å²) in [5, 5.41) is 0. The predicted octanol–water partition coefficient (Wildman–Crippen LogP) is 2.76. The van der Waals surface area contributed by atoms with Gasteiger partial charge in [-0.3, -0.25) is 4.79 Å². The largest absolute Gasteiger partial charge is 0.461 e. The van der Waals surface area contributed by atoms with E-state index in [0.29, 0.717) is 5.69 Å². The molecule has 0 aromatic heterocycles. The van der Waals surface area contributed by atoms with Crippen LogP contribution in [0.2, 0.25) is 0 Å². The van der Waals surface area contributed by atoms with Gasteiger partial charge in [0.05, 0.1) is 38.4 Å². The maximum atomic E-state index is 14.1. The van der Waals surface area contributed by atoms with Crippen molar-refractivity contribution in [3.05, 3.63) is 53.4 Å². The van der Waals surface area contributed by atoms with Crippen LogP contribution in [0.5, 0.6) is 0 Å². The molecular weight excluding hydrogens is 379 g/mol. The van der Waals surface area contributed by atoms with Crippen LogP contribution < -0.4 is 9.80 Å². The Morgan fingerprint density at radius 1 is 1.27 bits per heavy atom. The van der Waals surface area contributed by atoms with E-state index >= 15 is 0 Å². The number of piperazine rings is 1. The molecule has 2 aliphatic carbocycles. The van der Waals surface area contributed by atoms with E-state index in [-0.39, 0.29) is 35.1 Å². The molecule has 4 aliphatic rings. The fourth-order valence-electron chi connectivity index (χ4n) is 6.15. The van der Waals surface area contributed by atoms with Crippen molar-refractivity contribution in [2.45, 2.75) is 39.2 Å². The Hall–Kier alpha value is -2.14. The molecule has 0 bridgehead atoms. The fraction of sp³-hybridized carbons (Fsp3) is 0.560. The van der Waals surface area contributed by atoms with Gasteiger partial charge in [0, 0.05) is 5.92 Å². The molecule has 4 atom stereocenters. The second-order valence-electron chi connectivity index (χ2n) is 9.82. The Balaban J connectivity index is 1.28.